The molecule has 0 radical (unpaired) electrons. The molecule has 0 nitrogen and oxygen atoms in total. The maximum atomic E-state index is 5.90. The number of thiocarbonyl (C=S) groups is 2. The Bertz CT molecular complexity index is 671. The van der Waals surface area contributed by atoms with E-state index in [2.05, 4.69) is 24.3 Å². The SMILES string of the molecule is S=C(SB1C2CCCC1CCC2)c1ccc(C(=S)SB2C3CCCC2CCC3)cc1. The number of hydrogen-bond acceptors (Lipinski definition) is 4. The highest BCUT2D eigenvalue weighted by molar-refractivity contribution is 8.42. The van der Waals surface area contributed by atoms with Crippen molar-refractivity contribution in [3.8, 4) is 0 Å². The van der Waals surface area contributed by atoms with Crippen LogP contribution in [0.15, 0.2) is 24.3 Å². The normalized spacial score (nSPS) is 30.8. The van der Waals surface area contributed by atoms with Gasteiger partial charge in [0.2, 0.25) is 12.0 Å². The fraction of sp³-hybridized carbons (Fsp3) is 0.667. The first-order valence-electron chi connectivity index (χ1n) is 12.2. The summed E-state index contributed by atoms with van der Waals surface area (Å²) in [6.07, 6.45) is 17.1. The number of fused-ring (bicyclic) bond motifs is 4. The zero-order chi connectivity index (χ0) is 20.5. The molecule has 1 aromatic carbocycles. The monoisotopic (exact) mass is 470 g/mol. The van der Waals surface area contributed by atoms with Gasteiger partial charge in [-0.05, 0) is 11.1 Å². The molecule has 0 spiro atoms. The first-order valence-corrected chi connectivity index (χ1v) is 14.8. The molecule has 0 aromatic heterocycles. The van der Waals surface area contributed by atoms with Crippen LogP contribution < -0.4 is 0 Å². The number of benzene rings is 1. The molecule has 4 fully saturated rings. The summed E-state index contributed by atoms with van der Waals surface area (Å²) in [5, 5.41) is 0. The lowest BCUT2D eigenvalue weighted by Gasteiger charge is -2.40. The van der Waals surface area contributed by atoms with Crippen molar-refractivity contribution in [1.29, 1.82) is 0 Å². The Kier molecular flexibility index (Phi) is 7.36. The fourth-order valence-corrected chi connectivity index (χ4v) is 10.6. The summed E-state index contributed by atoms with van der Waals surface area (Å²) >= 11 is 15.8. The maximum Gasteiger partial charge on any atom is 0.223 e. The van der Waals surface area contributed by atoms with Gasteiger partial charge in [-0.1, -0.05) is 149 Å². The third-order valence-corrected chi connectivity index (χ3v) is 12.3. The van der Waals surface area contributed by atoms with E-state index in [1.54, 1.807) is 0 Å². The molecular formula is C24H32B2S4. The molecule has 30 heavy (non-hydrogen) atoms. The van der Waals surface area contributed by atoms with Crippen molar-refractivity contribution in [3.05, 3.63) is 35.4 Å². The van der Waals surface area contributed by atoms with Gasteiger partial charge < -0.3 is 0 Å². The van der Waals surface area contributed by atoms with Crippen LogP contribution in [0.3, 0.4) is 0 Å². The van der Waals surface area contributed by atoms with Crippen molar-refractivity contribution in [1.82, 2.24) is 0 Å². The molecule has 4 heterocycles. The largest absolute Gasteiger partial charge is 0.223 e. The first-order chi connectivity index (χ1) is 14.7. The van der Waals surface area contributed by atoms with Gasteiger partial charge in [0.05, 0.1) is 8.39 Å². The second-order valence-corrected chi connectivity index (χ2v) is 13.8. The van der Waals surface area contributed by atoms with Gasteiger partial charge in [0.15, 0.2) is 0 Å². The van der Waals surface area contributed by atoms with Crippen LogP contribution in [0.25, 0.3) is 0 Å². The van der Waals surface area contributed by atoms with Crippen molar-refractivity contribution in [3.63, 3.8) is 0 Å². The molecule has 1 aromatic rings. The van der Waals surface area contributed by atoms with Gasteiger partial charge in [-0.25, -0.2) is 0 Å². The van der Waals surface area contributed by atoms with Crippen LogP contribution in [0.2, 0.25) is 23.3 Å². The van der Waals surface area contributed by atoms with Gasteiger partial charge in [0.1, 0.15) is 0 Å². The molecule has 5 rings (SSSR count). The Balaban J connectivity index is 1.21. The molecule has 0 unspecified atom stereocenters. The third kappa shape index (κ3) is 4.77. The molecule has 4 aliphatic rings. The van der Waals surface area contributed by atoms with Crippen molar-refractivity contribution < 1.29 is 0 Å². The lowest BCUT2D eigenvalue weighted by Crippen LogP contribution is -2.33. The van der Waals surface area contributed by atoms with Crippen LogP contribution >= 0.6 is 47.7 Å². The van der Waals surface area contributed by atoms with Crippen molar-refractivity contribution in [2.75, 3.05) is 0 Å². The van der Waals surface area contributed by atoms with E-state index in [-0.39, 0.29) is 0 Å². The zero-order valence-electron chi connectivity index (χ0n) is 17.9. The predicted octanol–water partition coefficient (Wildman–Crippen LogP) is 8.70. The van der Waals surface area contributed by atoms with Gasteiger partial charge in [0.25, 0.3) is 0 Å². The average molecular weight is 470 g/mol. The van der Waals surface area contributed by atoms with Gasteiger partial charge in [-0.3, -0.25) is 0 Å². The summed E-state index contributed by atoms with van der Waals surface area (Å²) in [7, 11) is 0. The Morgan fingerprint density at radius 3 is 1.10 bits per heavy atom. The smallest absolute Gasteiger partial charge is 0.164 e. The van der Waals surface area contributed by atoms with E-state index in [0.717, 1.165) is 43.6 Å². The highest BCUT2D eigenvalue weighted by atomic mass is 32.2. The summed E-state index contributed by atoms with van der Waals surface area (Å²) in [6, 6.07) is 8.94. The lowest BCUT2D eigenvalue weighted by atomic mass is 9.42. The van der Waals surface area contributed by atoms with Gasteiger partial charge in [-0.2, -0.15) is 23.2 Å². The van der Waals surface area contributed by atoms with E-state index in [9.17, 15) is 0 Å². The van der Waals surface area contributed by atoms with Gasteiger partial charge in [0, 0.05) is 0 Å². The highest BCUT2D eigenvalue weighted by Gasteiger charge is 2.41. The lowest BCUT2D eigenvalue weighted by molar-refractivity contribution is 0.452. The van der Waals surface area contributed by atoms with Gasteiger partial charge >= 0.3 is 0 Å². The van der Waals surface area contributed by atoms with E-state index < -0.39 is 0 Å². The number of hydrogen-bond donors (Lipinski definition) is 0. The van der Waals surface area contributed by atoms with E-state index in [0.29, 0.717) is 0 Å². The molecule has 6 heteroatoms. The quantitative estimate of drug-likeness (QED) is 0.319. The Morgan fingerprint density at radius 2 is 0.833 bits per heavy atom. The van der Waals surface area contributed by atoms with E-state index in [4.69, 9.17) is 24.4 Å². The maximum absolute atomic E-state index is 5.90. The highest BCUT2D eigenvalue weighted by Crippen LogP contribution is 2.52. The van der Waals surface area contributed by atoms with Crippen LogP contribution in [0.5, 0.6) is 0 Å². The standard InChI is InChI=1S/C24H32B2S4/c27-23(29-25-19-5-1-6-20(25)8-2-7-19)17-13-15-18(16-14-17)24(28)30-26-21-9-3-10-22(26)12-4-11-21/h13-16,19-22H,1-12H2. The Hall–Kier alpha value is 0.230. The Labute approximate surface area is 202 Å². The molecule has 0 N–H and O–H groups in total. The molecule has 4 bridgehead atoms. The molecular weight excluding hydrogens is 438 g/mol. The topological polar surface area (TPSA) is 0 Å². The number of rotatable bonds is 4. The zero-order valence-corrected chi connectivity index (χ0v) is 21.2. The second-order valence-electron chi connectivity index (χ2n) is 10.1. The molecule has 0 atom stereocenters. The predicted molar refractivity (Wildman–Crippen MR) is 147 cm³/mol. The molecule has 0 amide bonds. The minimum absolute atomic E-state index is 0.766. The second kappa shape index (κ2) is 10.0. The molecule has 4 saturated heterocycles. The van der Waals surface area contributed by atoms with Crippen molar-refractivity contribution in [2.24, 2.45) is 0 Å². The summed E-state index contributed by atoms with van der Waals surface area (Å²) in [5.74, 6) is 5.14. The summed E-state index contributed by atoms with van der Waals surface area (Å²) in [4.78, 5) is 0. The van der Waals surface area contributed by atoms with Crippen molar-refractivity contribution in [2.45, 2.75) is 100 Å². The molecule has 0 aliphatic carbocycles. The fourth-order valence-electron chi connectivity index (χ4n) is 6.74. The minimum Gasteiger partial charge on any atom is -0.164 e. The average Bonchev–Trinajstić information content (AvgIpc) is 2.73. The van der Waals surface area contributed by atoms with Crippen LogP contribution in [0.4, 0.5) is 0 Å². The molecule has 158 valence electrons. The van der Waals surface area contributed by atoms with E-state index in [1.807, 2.05) is 23.2 Å². The molecule has 4 aliphatic heterocycles. The first kappa shape index (κ1) is 22.0. The van der Waals surface area contributed by atoms with Crippen LogP contribution in [0, 0.1) is 0 Å². The van der Waals surface area contributed by atoms with Crippen LogP contribution in [-0.2, 0) is 0 Å². The van der Waals surface area contributed by atoms with Gasteiger partial charge in [-0.15, -0.1) is 0 Å². The van der Waals surface area contributed by atoms with E-state index >= 15 is 0 Å². The minimum atomic E-state index is 0.766. The van der Waals surface area contributed by atoms with Crippen LogP contribution in [0.1, 0.15) is 88.2 Å². The summed E-state index contributed by atoms with van der Waals surface area (Å²) in [5.41, 5.74) is 2.45. The van der Waals surface area contributed by atoms with Crippen LogP contribution in [-0.4, -0.2) is 20.4 Å². The third-order valence-electron chi connectivity index (χ3n) is 8.30. The Morgan fingerprint density at radius 1 is 0.567 bits per heavy atom. The van der Waals surface area contributed by atoms with Crippen molar-refractivity contribution >= 4 is 68.0 Å². The van der Waals surface area contributed by atoms with E-state index in [1.165, 1.54) is 88.2 Å². The molecule has 0 saturated carbocycles. The summed E-state index contributed by atoms with van der Waals surface area (Å²) < 4.78 is 2.21. The summed E-state index contributed by atoms with van der Waals surface area (Å²) in [6.45, 7) is 0.